The molecule has 0 bridgehead atoms. The summed E-state index contributed by atoms with van der Waals surface area (Å²) in [5.74, 6) is -0.214. The van der Waals surface area contributed by atoms with E-state index in [1.807, 2.05) is 49.6 Å². The van der Waals surface area contributed by atoms with Gasteiger partial charge in [-0.05, 0) is 53.6 Å². The van der Waals surface area contributed by atoms with Crippen molar-refractivity contribution in [2.45, 2.75) is 24.7 Å². The zero-order chi connectivity index (χ0) is 18.9. The molecule has 0 heterocycles. The lowest BCUT2D eigenvalue weighted by atomic mass is 10.0. The van der Waals surface area contributed by atoms with E-state index in [1.54, 1.807) is 24.3 Å². The van der Waals surface area contributed by atoms with Crippen LogP contribution in [0.3, 0.4) is 0 Å². The molecule has 2 rings (SSSR count). The van der Waals surface area contributed by atoms with E-state index in [9.17, 15) is 10.1 Å². The van der Waals surface area contributed by atoms with Crippen molar-refractivity contribution in [3.8, 4) is 11.5 Å². The Labute approximate surface area is 157 Å². The molecular weight excluding hydrogens is 344 g/mol. The van der Waals surface area contributed by atoms with Gasteiger partial charge in [-0.15, -0.1) is 0 Å². The molecule has 0 aromatic heterocycles. The minimum atomic E-state index is -0.468. The first-order valence-corrected chi connectivity index (χ1v) is 8.80. The average molecular weight is 362 g/mol. The Morgan fingerprint density at radius 1 is 1.12 bits per heavy atom. The number of para-hydroxylation sites is 1. The van der Waals surface area contributed by atoms with Gasteiger partial charge in [0.1, 0.15) is 17.0 Å². The molecule has 0 radical (unpaired) electrons. The van der Waals surface area contributed by atoms with Gasteiger partial charge in [0.25, 0.3) is 5.91 Å². The van der Waals surface area contributed by atoms with Crippen LogP contribution in [0.25, 0.3) is 0 Å². The molecule has 0 unspecified atom stereocenters. The van der Waals surface area contributed by atoms with Crippen LogP contribution in [-0.2, 0) is 4.79 Å². The highest BCUT2D eigenvalue weighted by molar-refractivity contribution is 8.03. The van der Waals surface area contributed by atoms with Gasteiger partial charge in [0.2, 0.25) is 0 Å². The SMILES string of the molecule is CC(C)c1ccccc1NC(=O)/C(C#N)=C\Nc1ccc(SC#N)cc1. The largest absolute Gasteiger partial charge is 0.360 e. The smallest absolute Gasteiger partial charge is 0.267 e. The highest BCUT2D eigenvalue weighted by Crippen LogP contribution is 2.24. The Morgan fingerprint density at radius 2 is 1.81 bits per heavy atom. The molecule has 26 heavy (non-hydrogen) atoms. The fourth-order valence-corrected chi connectivity index (χ4v) is 2.66. The third-order valence-electron chi connectivity index (χ3n) is 3.60. The van der Waals surface area contributed by atoms with E-state index in [0.29, 0.717) is 5.69 Å². The summed E-state index contributed by atoms with van der Waals surface area (Å²) in [4.78, 5) is 13.2. The summed E-state index contributed by atoms with van der Waals surface area (Å²) in [5.41, 5.74) is 2.40. The number of thiocyanates is 1. The van der Waals surface area contributed by atoms with E-state index >= 15 is 0 Å². The monoisotopic (exact) mass is 362 g/mol. The lowest BCUT2D eigenvalue weighted by Gasteiger charge is -2.13. The molecule has 2 aromatic rings. The molecule has 1 amide bonds. The average Bonchev–Trinajstić information content (AvgIpc) is 2.64. The van der Waals surface area contributed by atoms with Crippen molar-refractivity contribution in [3.05, 3.63) is 65.9 Å². The van der Waals surface area contributed by atoms with Crippen molar-refractivity contribution in [2.24, 2.45) is 0 Å². The molecule has 0 aliphatic rings. The number of hydrogen-bond acceptors (Lipinski definition) is 5. The number of rotatable bonds is 6. The number of carbonyl (C=O) groups is 1. The van der Waals surface area contributed by atoms with Gasteiger partial charge in [0.05, 0.1) is 0 Å². The standard InChI is InChI=1S/C20H18N4OS/c1-14(2)18-5-3-4-6-19(18)24-20(25)15(11-21)12-23-16-7-9-17(10-8-16)26-13-22/h3-10,12,14,23H,1-2H3,(H,24,25)/b15-12-. The summed E-state index contributed by atoms with van der Waals surface area (Å²) < 4.78 is 0. The second kappa shape index (κ2) is 9.31. The summed E-state index contributed by atoms with van der Waals surface area (Å²) in [6.45, 7) is 4.09. The Kier molecular flexibility index (Phi) is 6.84. The Morgan fingerprint density at radius 3 is 2.42 bits per heavy atom. The predicted octanol–water partition coefficient (Wildman–Crippen LogP) is 4.84. The molecule has 0 atom stereocenters. The number of nitrogens with zero attached hydrogens (tertiary/aromatic N) is 2. The molecule has 130 valence electrons. The van der Waals surface area contributed by atoms with E-state index in [2.05, 4.69) is 10.6 Å². The highest BCUT2D eigenvalue weighted by atomic mass is 32.2. The van der Waals surface area contributed by atoms with Gasteiger partial charge < -0.3 is 10.6 Å². The van der Waals surface area contributed by atoms with E-state index < -0.39 is 5.91 Å². The number of hydrogen-bond donors (Lipinski definition) is 2. The van der Waals surface area contributed by atoms with Crippen LogP contribution in [0, 0.1) is 22.0 Å². The summed E-state index contributed by atoms with van der Waals surface area (Å²) >= 11 is 1.07. The van der Waals surface area contributed by atoms with Crippen LogP contribution in [0.2, 0.25) is 0 Å². The maximum Gasteiger partial charge on any atom is 0.267 e. The zero-order valence-electron chi connectivity index (χ0n) is 14.5. The Balaban J connectivity index is 2.10. The van der Waals surface area contributed by atoms with Crippen LogP contribution in [-0.4, -0.2) is 5.91 Å². The maximum atomic E-state index is 12.4. The molecule has 0 aliphatic carbocycles. The molecule has 2 aromatic carbocycles. The lowest BCUT2D eigenvalue weighted by Crippen LogP contribution is -2.16. The number of thioether (sulfide) groups is 1. The van der Waals surface area contributed by atoms with Crippen molar-refractivity contribution >= 4 is 29.0 Å². The van der Waals surface area contributed by atoms with Crippen LogP contribution in [0.4, 0.5) is 11.4 Å². The Bertz CT molecular complexity index is 889. The van der Waals surface area contributed by atoms with E-state index in [-0.39, 0.29) is 11.5 Å². The van der Waals surface area contributed by atoms with E-state index in [0.717, 1.165) is 27.9 Å². The summed E-state index contributed by atoms with van der Waals surface area (Å²) in [5, 5.41) is 25.7. The lowest BCUT2D eigenvalue weighted by molar-refractivity contribution is -0.112. The van der Waals surface area contributed by atoms with E-state index in [4.69, 9.17) is 5.26 Å². The number of benzene rings is 2. The third-order valence-corrected chi connectivity index (χ3v) is 4.20. The first kappa shape index (κ1) is 19.1. The molecule has 0 aliphatic heterocycles. The van der Waals surface area contributed by atoms with Gasteiger partial charge in [0.15, 0.2) is 0 Å². The fourth-order valence-electron chi connectivity index (χ4n) is 2.28. The topological polar surface area (TPSA) is 88.7 Å². The molecule has 6 heteroatoms. The molecular formula is C20H18N4OS. The normalized spacial score (nSPS) is 10.7. The van der Waals surface area contributed by atoms with Crippen molar-refractivity contribution in [2.75, 3.05) is 10.6 Å². The van der Waals surface area contributed by atoms with Gasteiger partial charge in [-0.1, -0.05) is 32.0 Å². The van der Waals surface area contributed by atoms with Crippen LogP contribution < -0.4 is 10.6 Å². The van der Waals surface area contributed by atoms with Crippen molar-refractivity contribution in [1.29, 1.82) is 10.5 Å². The molecule has 0 saturated carbocycles. The molecule has 0 fully saturated rings. The van der Waals surface area contributed by atoms with Crippen molar-refractivity contribution in [1.82, 2.24) is 0 Å². The maximum absolute atomic E-state index is 12.4. The first-order valence-electron chi connectivity index (χ1n) is 7.98. The number of amides is 1. The summed E-state index contributed by atoms with van der Waals surface area (Å²) in [7, 11) is 0. The van der Waals surface area contributed by atoms with Gasteiger partial charge >= 0.3 is 0 Å². The number of carbonyl (C=O) groups excluding carboxylic acids is 1. The quantitative estimate of drug-likeness (QED) is 0.332. The predicted molar refractivity (Wildman–Crippen MR) is 104 cm³/mol. The van der Waals surface area contributed by atoms with Gasteiger partial charge in [-0.25, -0.2) is 0 Å². The fraction of sp³-hybridized carbons (Fsp3) is 0.150. The number of nitrogens with one attached hydrogen (secondary N) is 2. The van der Waals surface area contributed by atoms with Gasteiger partial charge in [-0.2, -0.15) is 10.5 Å². The second-order valence-corrected chi connectivity index (χ2v) is 6.59. The van der Waals surface area contributed by atoms with Gasteiger partial charge in [-0.3, -0.25) is 4.79 Å². The zero-order valence-corrected chi connectivity index (χ0v) is 15.3. The molecule has 0 spiro atoms. The van der Waals surface area contributed by atoms with Crippen LogP contribution in [0.1, 0.15) is 25.3 Å². The summed E-state index contributed by atoms with van der Waals surface area (Å²) in [6, 6.07) is 16.6. The number of nitriles is 2. The third kappa shape index (κ3) is 5.14. The highest BCUT2D eigenvalue weighted by Gasteiger charge is 2.13. The number of anilines is 2. The minimum Gasteiger partial charge on any atom is -0.360 e. The van der Waals surface area contributed by atoms with Gasteiger partial charge in [0, 0.05) is 22.5 Å². The second-order valence-electron chi connectivity index (χ2n) is 5.73. The van der Waals surface area contributed by atoms with Crippen LogP contribution in [0.15, 0.2) is 65.2 Å². The molecule has 2 N–H and O–H groups in total. The van der Waals surface area contributed by atoms with Crippen LogP contribution >= 0.6 is 11.8 Å². The minimum absolute atomic E-state index is 0.0287. The Hall–Kier alpha value is -3.22. The molecule has 5 nitrogen and oxygen atoms in total. The van der Waals surface area contributed by atoms with Crippen LogP contribution in [0.5, 0.6) is 0 Å². The van der Waals surface area contributed by atoms with E-state index in [1.165, 1.54) is 6.20 Å². The van der Waals surface area contributed by atoms with Crippen molar-refractivity contribution in [3.63, 3.8) is 0 Å². The summed E-state index contributed by atoms with van der Waals surface area (Å²) in [6.07, 6.45) is 1.37. The molecule has 0 saturated heterocycles. The van der Waals surface area contributed by atoms with Crippen molar-refractivity contribution < 1.29 is 4.79 Å². The first-order chi connectivity index (χ1) is 12.5.